The monoisotopic (exact) mass is 394 g/mol. The zero-order valence-electron chi connectivity index (χ0n) is 15.4. The second-order valence-corrected chi connectivity index (χ2v) is 6.31. The Morgan fingerprint density at radius 3 is 2.36 bits per heavy atom. The molecule has 0 saturated carbocycles. The van der Waals surface area contributed by atoms with Crippen molar-refractivity contribution in [1.29, 1.82) is 0 Å². The highest BCUT2D eigenvalue weighted by Crippen LogP contribution is 2.40. The van der Waals surface area contributed by atoms with Gasteiger partial charge in [0.2, 0.25) is 0 Å². The number of halogens is 4. The number of aryl methyl sites for hydroxylation is 2. The van der Waals surface area contributed by atoms with Gasteiger partial charge in [-0.3, -0.25) is 4.57 Å². The highest BCUT2D eigenvalue weighted by atomic mass is 19.4. The number of nitrogens with two attached hydrogens (primary N) is 2. The van der Waals surface area contributed by atoms with E-state index in [0.717, 1.165) is 12.1 Å². The quantitative estimate of drug-likeness (QED) is 0.507. The molecule has 2 aromatic carbocycles. The maximum absolute atomic E-state index is 13.8. The van der Waals surface area contributed by atoms with E-state index in [9.17, 15) is 17.6 Å². The molecule has 0 radical (unpaired) electrons. The molecule has 1 heterocycles. The average molecular weight is 394 g/mol. The number of aromatic nitrogens is 2. The van der Waals surface area contributed by atoms with Gasteiger partial charge in [-0.1, -0.05) is 6.07 Å². The molecule has 3 rings (SSSR count). The molecule has 5 nitrogen and oxygen atoms in total. The van der Waals surface area contributed by atoms with Gasteiger partial charge in [0.05, 0.1) is 29.7 Å². The maximum atomic E-state index is 13.8. The SMILES string of the molecule is COc1cc(C(F)(F)F)cc(-n2c(-c3cc(F)ccc3C)nc(C)c2N)c1N. The van der Waals surface area contributed by atoms with Gasteiger partial charge in [0.1, 0.15) is 23.2 Å². The molecule has 4 N–H and O–H groups in total. The third-order valence-corrected chi connectivity index (χ3v) is 4.45. The van der Waals surface area contributed by atoms with Crippen molar-refractivity contribution in [1.82, 2.24) is 9.55 Å². The van der Waals surface area contributed by atoms with Crippen molar-refractivity contribution in [3.63, 3.8) is 0 Å². The molecule has 1 aromatic heterocycles. The fraction of sp³-hybridized carbons (Fsp3) is 0.211. The predicted molar refractivity (Wildman–Crippen MR) is 98.8 cm³/mol. The number of nitrogen functional groups attached to an aromatic ring is 2. The summed E-state index contributed by atoms with van der Waals surface area (Å²) in [4.78, 5) is 4.34. The van der Waals surface area contributed by atoms with Gasteiger partial charge in [-0.2, -0.15) is 13.2 Å². The first-order valence-corrected chi connectivity index (χ1v) is 8.21. The minimum atomic E-state index is -4.63. The fourth-order valence-electron chi connectivity index (χ4n) is 2.93. The molecule has 0 spiro atoms. The van der Waals surface area contributed by atoms with Crippen LogP contribution in [0.2, 0.25) is 0 Å². The first kappa shape index (κ1) is 19.5. The molecule has 0 unspecified atom stereocenters. The molecule has 0 saturated heterocycles. The molecule has 3 aromatic rings. The van der Waals surface area contributed by atoms with E-state index in [-0.39, 0.29) is 28.8 Å². The summed E-state index contributed by atoms with van der Waals surface area (Å²) in [6, 6.07) is 5.75. The highest BCUT2D eigenvalue weighted by Gasteiger charge is 2.33. The Balaban J connectivity index is 2.38. The number of methoxy groups -OCH3 is 1. The van der Waals surface area contributed by atoms with Crippen molar-refractivity contribution in [2.75, 3.05) is 18.6 Å². The summed E-state index contributed by atoms with van der Waals surface area (Å²) in [6.45, 7) is 3.33. The summed E-state index contributed by atoms with van der Waals surface area (Å²) >= 11 is 0. The molecule has 0 atom stereocenters. The van der Waals surface area contributed by atoms with E-state index >= 15 is 0 Å². The molecular formula is C19H18F4N4O. The van der Waals surface area contributed by atoms with Gasteiger partial charge in [-0.05, 0) is 43.7 Å². The summed E-state index contributed by atoms with van der Waals surface area (Å²) in [5.74, 6) is -0.398. The number of alkyl halides is 3. The predicted octanol–water partition coefficient (Wildman–Crippen LogP) is 4.49. The smallest absolute Gasteiger partial charge is 0.416 e. The summed E-state index contributed by atoms with van der Waals surface area (Å²) in [5.41, 5.74) is 12.5. The summed E-state index contributed by atoms with van der Waals surface area (Å²) in [6.07, 6.45) is -4.63. The van der Waals surface area contributed by atoms with Gasteiger partial charge in [-0.15, -0.1) is 0 Å². The Kier molecular flexibility index (Phi) is 4.70. The second-order valence-electron chi connectivity index (χ2n) is 6.31. The van der Waals surface area contributed by atoms with Crippen molar-refractivity contribution < 1.29 is 22.3 Å². The number of ether oxygens (including phenoxy) is 1. The number of imidazole rings is 1. The minimum absolute atomic E-state index is 0.0464. The third-order valence-electron chi connectivity index (χ3n) is 4.45. The molecule has 0 aliphatic heterocycles. The normalized spacial score (nSPS) is 11.7. The zero-order chi connectivity index (χ0) is 20.8. The molecule has 0 aliphatic rings. The molecule has 148 valence electrons. The van der Waals surface area contributed by atoms with Crippen molar-refractivity contribution in [3.8, 4) is 22.8 Å². The average Bonchev–Trinajstić information content (AvgIpc) is 2.91. The van der Waals surface area contributed by atoms with Crippen molar-refractivity contribution >= 4 is 11.5 Å². The lowest BCUT2D eigenvalue weighted by Gasteiger charge is -2.18. The molecule has 0 fully saturated rings. The van der Waals surface area contributed by atoms with Gasteiger partial charge >= 0.3 is 6.18 Å². The third kappa shape index (κ3) is 3.23. The van der Waals surface area contributed by atoms with E-state index < -0.39 is 17.6 Å². The Hall–Kier alpha value is -3.23. The number of benzene rings is 2. The van der Waals surface area contributed by atoms with Gasteiger partial charge in [0.15, 0.2) is 0 Å². The van der Waals surface area contributed by atoms with E-state index in [4.69, 9.17) is 16.2 Å². The van der Waals surface area contributed by atoms with E-state index in [1.165, 1.54) is 23.8 Å². The standard InChI is InChI=1S/C19H18F4N4O/c1-9-4-5-12(20)8-13(9)18-26-10(2)17(25)27(18)14-6-11(19(21,22)23)7-15(28-3)16(14)24/h4-8H,24-25H2,1-3H3. The fourth-order valence-corrected chi connectivity index (χ4v) is 2.93. The molecule has 0 amide bonds. The van der Waals surface area contributed by atoms with Crippen LogP contribution < -0.4 is 16.2 Å². The van der Waals surface area contributed by atoms with Crippen molar-refractivity contribution in [2.24, 2.45) is 0 Å². The van der Waals surface area contributed by atoms with E-state index in [0.29, 0.717) is 16.8 Å². The minimum Gasteiger partial charge on any atom is -0.495 e. The van der Waals surface area contributed by atoms with Crippen molar-refractivity contribution in [3.05, 3.63) is 53.0 Å². The van der Waals surface area contributed by atoms with E-state index in [1.54, 1.807) is 19.9 Å². The van der Waals surface area contributed by atoms with E-state index in [2.05, 4.69) is 4.98 Å². The van der Waals surface area contributed by atoms with Crippen LogP contribution in [0.1, 0.15) is 16.8 Å². The van der Waals surface area contributed by atoms with Crippen LogP contribution in [0, 0.1) is 19.7 Å². The van der Waals surface area contributed by atoms with Gasteiger partial charge in [-0.25, -0.2) is 9.37 Å². The largest absolute Gasteiger partial charge is 0.495 e. The maximum Gasteiger partial charge on any atom is 0.416 e. The first-order valence-electron chi connectivity index (χ1n) is 8.21. The lowest BCUT2D eigenvalue weighted by Crippen LogP contribution is -2.12. The number of rotatable bonds is 3. The Morgan fingerprint density at radius 2 is 1.75 bits per heavy atom. The van der Waals surface area contributed by atoms with Crippen LogP contribution in [0.25, 0.3) is 17.1 Å². The second kappa shape index (κ2) is 6.74. The van der Waals surface area contributed by atoms with Gasteiger partial charge < -0.3 is 16.2 Å². The summed E-state index contributed by atoms with van der Waals surface area (Å²) < 4.78 is 60.3. The number of hydrogen-bond donors (Lipinski definition) is 2. The van der Waals surface area contributed by atoms with Gasteiger partial charge in [0.25, 0.3) is 0 Å². The summed E-state index contributed by atoms with van der Waals surface area (Å²) in [7, 11) is 1.22. The van der Waals surface area contributed by atoms with Crippen LogP contribution in [-0.2, 0) is 6.18 Å². The molecule has 28 heavy (non-hydrogen) atoms. The lowest BCUT2D eigenvalue weighted by molar-refractivity contribution is -0.137. The number of anilines is 2. The highest BCUT2D eigenvalue weighted by molar-refractivity contribution is 5.75. The van der Waals surface area contributed by atoms with Crippen LogP contribution in [0.4, 0.5) is 29.1 Å². The molecule has 0 bridgehead atoms. The first-order chi connectivity index (χ1) is 13.0. The Labute approximate surface area is 158 Å². The van der Waals surface area contributed by atoms with Crippen LogP contribution in [0.3, 0.4) is 0 Å². The van der Waals surface area contributed by atoms with Crippen LogP contribution >= 0.6 is 0 Å². The number of nitrogens with zero attached hydrogens (tertiary/aromatic N) is 2. The van der Waals surface area contributed by atoms with E-state index in [1.807, 2.05) is 0 Å². The molecule has 9 heteroatoms. The molecular weight excluding hydrogens is 376 g/mol. The Morgan fingerprint density at radius 1 is 1.07 bits per heavy atom. The van der Waals surface area contributed by atoms with Crippen molar-refractivity contribution in [2.45, 2.75) is 20.0 Å². The number of hydrogen-bond acceptors (Lipinski definition) is 4. The Bertz CT molecular complexity index is 1060. The zero-order valence-corrected chi connectivity index (χ0v) is 15.4. The topological polar surface area (TPSA) is 79.1 Å². The molecule has 0 aliphatic carbocycles. The van der Waals surface area contributed by atoms with Crippen LogP contribution in [0.5, 0.6) is 5.75 Å². The van der Waals surface area contributed by atoms with Gasteiger partial charge in [0, 0.05) is 5.56 Å². The lowest BCUT2D eigenvalue weighted by atomic mass is 10.1. The summed E-state index contributed by atoms with van der Waals surface area (Å²) in [5, 5.41) is 0. The van der Waals surface area contributed by atoms with Crippen LogP contribution in [0.15, 0.2) is 30.3 Å². The van der Waals surface area contributed by atoms with Crippen LogP contribution in [-0.4, -0.2) is 16.7 Å².